The zero-order chi connectivity index (χ0) is 38.4. The minimum atomic E-state index is -0.793. The van der Waals surface area contributed by atoms with Crippen LogP contribution in [0.5, 0.6) is 0 Å². The van der Waals surface area contributed by atoms with Crippen molar-refractivity contribution in [1.29, 1.82) is 0 Å². The van der Waals surface area contributed by atoms with E-state index >= 15 is 0 Å². The molecule has 1 N–H and O–H groups in total. The van der Waals surface area contributed by atoms with Crippen LogP contribution < -0.4 is 5.32 Å². The van der Waals surface area contributed by atoms with E-state index in [1.165, 1.54) is 18.3 Å². The smallest absolute Gasteiger partial charge is 0.308 e. The number of amides is 2. The zero-order valence-electron chi connectivity index (χ0n) is 32.4. The molecular formula is C40H60N4O7S. The van der Waals surface area contributed by atoms with Crippen LogP contribution in [0.2, 0.25) is 0 Å². The van der Waals surface area contributed by atoms with Gasteiger partial charge in [-0.05, 0) is 64.1 Å². The lowest BCUT2D eigenvalue weighted by molar-refractivity contribution is -0.149. The van der Waals surface area contributed by atoms with Crippen molar-refractivity contribution in [2.75, 3.05) is 27.2 Å². The third-order valence-electron chi connectivity index (χ3n) is 9.99. The average molecular weight is 741 g/mol. The van der Waals surface area contributed by atoms with Crippen molar-refractivity contribution < 1.29 is 33.4 Å². The van der Waals surface area contributed by atoms with E-state index in [2.05, 4.69) is 22.1 Å². The van der Waals surface area contributed by atoms with Gasteiger partial charge in [0.25, 0.3) is 5.91 Å². The number of ether oxygens (including phenoxy) is 2. The summed E-state index contributed by atoms with van der Waals surface area (Å²) in [7, 11) is 3.74. The number of carbonyl (C=O) groups excluding carboxylic acids is 5. The molecule has 1 fully saturated rings. The monoisotopic (exact) mass is 740 g/mol. The van der Waals surface area contributed by atoms with Crippen LogP contribution >= 0.6 is 11.3 Å². The Kier molecular flexibility index (Phi) is 17.4. The Morgan fingerprint density at radius 3 is 2.38 bits per heavy atom. The highest BCUT2D eigenvalue weighted by Gasteiger charge is 2.36. The normalized spacial score (nSPS) is 17.5. The van der Waals surface area contributed by atoms with Gasteiger partial charge in [0.05, 0.1) is 18.6 Å². The van der Waals surface area contributed by atoms with Crippen LogP contribution in [-0.4, -0.2) is 89.7 Å². The van der Waals surface area contributed by atoms with Gasteiger partial charge >= 0.3 is 11.9 Å². The van der Waals surface area contributed by atoms with Gasteiger partial charge in [-0.25, -0.2) is 4.98 Å². The number of benzene rings is 1. The standard InChI is InChI=1S/C40H60N4O7S/c1-9-11-18-30(23-35(46)33-19-15-20-43(33)7)39(48)44(8)34(26(3)4)24-36(51-28(6)45)38-42-32(25-52-38)37(47)41-31(21-27(5)40(49)50-10-2)22-29-16-13-12-14-17-29/h12-14,16-17,25-27,30-31,33-34,36H,9-11,15,18-24H2,1-8H3,(H,41,47)/t27-,30+,31+,33+,34+,36+/m0/s1. The molecule has 0 spiro atoms. The number of nitrogens with one attached hydrogen (secondary N) is 1. The average Bonchev–Trinajstić information content (AvgIpc) is 3.77. The third kappa shape index (κ3) is 12.8. The Balaban J connectivity index is 1.80. The molecule has 1 aliphatic rings. The van der Waals surface area contributed by atoms with Crippen LogP contribution in [0.4, 0.5) is 0 Å². The minimum absolute atomic E-state index is 0.00151. The Morgan fingerprint density at radius 2 is 1.79 bits per heavy atom. The first-order valence-corrected chi connectivity index (χ1v) is 19.8. The number of likely N-dealkylation sites (N-methyl/N-ethyl adjacent to an activating group) is 1. The maximum absolute atomic E-state index is 14.1. The van der Waals surface area contributed by atoms with Crippen LogP contribution in [0.25, 0.3) is 0 Å². The molecule has 0 bridgehead atoms. The molecule has 1 aliphatic heterocycles. The number of rotatable bonds is 21. The van der Waals surface area contributed by atoms with Gasteiger partial charge in [0.2, 0.25) is 5.91 Å². The highest BCUT2D eigenvalue weighted by atomic mass is 32.1. The van der Waals surface area contributed by atoms with Crippen molar-refractivity contribution in [1.82, 2.24) is 20.1 Å². The van der Waals surface area contributed by atoms with Gasteiger partial charge in [0.1, 0.15) is 10.7 Å². The highest BCUT2D eigenvalue weighted by molar-refractivity contribution is 7.09. The highest BCUT2D eigenvalue weighted by Crippen LogP contribution is 2.32. The molecule has 12 heteroatoms. The maximum Gasteiger partial charge on any atom is 0.308 e. The topological polar surface area (TPSA) is 135 Å². The molecule has 0 saturated carbocycles. The van der Waals surface area contributed by atoms with E-state index in [1.54, 1.807) is 31.2 Å². The van der Waals surface area contributed by atoms with E-state index in [1.807, 2.05) is 51.2 Å². The Morgan fingerprint density at radius 1 is 1.08 bits per heavy atom. The molecule has 11 nitrogen and oxygen atoms in total. The molecule has 6 atom stereocenters. The fourth-order valence-corrected chi connectivity index (χ4v) is 7.95. The SMILES string of the molecule is CCCC[C@H](CC(=O)[C@H]1CCCN1C)C(=O)N(C)[C@H](C[C@@H](OC(C)=O)c1nc(C(=O)N[C@@H](Cc2ccccc2)C[C@H](C)C(=O)OCC)cs1)C(C)C. The molecule has 1 aromatic heterocycles. The van der Waals surface area contributed by atoms with Gasteiger partial charge in [0.15, 0.2) is 11.9 Å². The van der Waals surface area contributed by atoms with Gasteiger partial charge in [-0.1, -0.05) is 70.9 Å². The van der Waals surface area contributed by atoms with E-state index in [9.17, 15) is 24.0 Å². The summed E-state index contributed by atoms with van der Waals surface area (Å²) in [4.78, 5) is 74.3. The first-order valence-electron chi connectivity index (χ1n) is 18.9. The quantitative estimate of drug-likeness (QED) is 0.144. The lowest BCUT2D eigenvalue weighted by Crippen LogP contribution is -2.45. The van der Waals surface area contributed by atoms with Gasteiger partial charge in [-0.2, -0.15) is 0 Å². The molecule has 3 rings (SSSR count). The summed E-state index contributed by atoms with van der Waals surface area (Å²) in [6.07, 6.45) is 4.80. The summed E-state index contributed by atoms with van der Waals surface area (Å²) in [6.45, 7) is 12.2. The molecule has 288 valence electrons. The predicted octanol–water partition coefficient (Wildman–Crippen LogP) is 6.41. The van der Waals surface area contributed by atoms with E-state index in [0.29, 0.717) is 24.3 Å². The van der Waals surface area contributed by atoms with Crippen molar-refractivity contribution in [2.24, 2.45) is 17.8 Å². The van der Waals surface area contributed by atoms with Crippen LogP contribution in [0.3, 0.4) is 0 Å². The second kappa shape index (κ2) is 21.2. The lowest BCUT2D eigenvalue weighted by atomic mass is 9.89. The number of esters is 2. The summed E-state index contributed by atoms with van der Waals surface area (Å²) in [6, 6.07) is 8.91. The van der Waals surface area contributed by atoms with Gasteiger partial charge in [-0.3, -0.25) is 28.9 Å². The summed E-state index contributed by atoms with van der Waals surface area (Å²) < 4.78 is 11.0. The minimum Gasteiger partial charge on any atom is -0.466 e. The second-order valence-electron chi connectivity index (χ2n) is 14.6. The molecule has 0 aliphatic carbocycles. The molecule has 1 aromatic carbocycles. The number of carbonyl (C=O) groups is 5. The van der Waals surface area contributed by atoms with Crippen LogP contribution in [0, 0.1) is 17.8 Å². The second-order valence-corrected chi connectivity index (χ2v) is 15.5. The lowest BCUT2D eigenvalue weighted by Gasteiger charge is -2.35. The molecule has 0 unspecified atom stereocenters. The number of likely N-dealkylation sites (tertiary alicyclic amines) is 1. The maximum atomic E-state index is 14.1. The van der Waals surface area contributed by atoms with Crippen LogP contribution in [0.1, 0.15) is 120 Å². The molecule has 2 amide bonds. The number of ketones is 1. The molecular weight excluding hydrogens is 681 g/mol. The number of hydrogen-bond acceptors (Lipinski definition) is 10. The largest absolute Gasteiger partial charge is 0.466 e. The summed E-state index contributed by atoms with van der Waals surface area (Å²) in [5, 5.41) is 5.16. The molecule has 52 heavy (non-hydrogen) atoms. The van der Waals surface area contributed by atoms with Crippen LogP contribution in [0.15, 0.2) is 35.7 Å². The fourth-order valence-electron chi connectivity index (χ4n) is 7.11. The van der Waals surface area contributed by atoms with E-state index in [0.717, 1.165) is 37.8 Å². The first kappa shape index (κ1) is 42.8. The van der Waals surface area contributed by atoms with E-state index in [4.69, 9.17) is 9.47 Å². The van der Waals surface area contributed by atoms with Gasteiger partial charge < -0.3 is 19.7 Å². The predicted molar refractivity (Wildman–Crippen MR) is 203 cm³/mol. The van der Waals surface area contributed by atoms with E-state index < -0.39 is 29.8 Å². The Bertz CT molecular complexity index is 1460. The first-order chi connectivity index (χ1) is 24.7. The van der Waals surface area contributed by atoms with Gasteiger partial charge in [0, 0.05) is 50.2 Å². The Labute approximate surface area is 314 Å². The third-order valence-corrected chi connectivity index (χ3v) is 10.9. The Hall–Kier alpha value is -3.64. The summed E-state index contributed by atoms with van der Waals surface area (Å²) in [5.74, 6) is -2.02. The number of hydrogen-bond donors (Lipinski definition) is 1. The van der Waals surface area contributed by atoms with Crippen molar-refractivity contribution in [3.63, 3.8) is 0 Å². The fraction of sp³-hybridized carbons (Fsp3) is 0.650. The summed E-state index contributed by atoms with van der Waals surface area (Å²) in [5.41, 5.74) is 1.20. The van der Waals surface area contributed by atoms with Crippen molar-refractivity contribution in [3.8, 4) is 0 Å². The van der Waals surface area contributed by atoms with Crippen molar-refractivity contribution >= 4 is 40.9 Å². The number of nitrogens with zero attached hydrogens (tertiary/aromatic N) is 3. The van der Waals surface area contributed by atoms with E-state index in [-0.39, 0.29) is 66.8 Å². The number of unbranched alkanes of at least 4 members (excludes halogenated alkanes) is 1. The summed E-state index contributed by atoms with van der Waals surface area (Å²) >= 11 is 1.22. The van der Waals surface area contributed by atoms with Crippen LogP contribution in [-0.2, 0) is 35.1 Å². The number of Topliss-reactive ketones (excluding diaryl/α,β-unsaturated/α-hetero) is 1. The number of aromatic nitrogens is 1. The zero-order valence-corrected chi connectivity index (χ0v) is 33.2. The van der Waals surface area contributed by atoms with Gasteiger partial charge in [-0.15, -0.1) is 11.3 Å². The molecule has 2 aromatic rings. The molecule has 2 heterocycles. The van der Waals surface area contributed by atoms with Crippen molar-refractivity contribution in [2.45, 2.75) is 124 Å². The number of thiazole rings is 1. The molecule has 0 radical (unpaired) electrons. The van der Waals surface area contributed by atoms with Crippen molar-refractivity contribution in [3.05, 3.63) is 52.0 Å². The molecule has 1 saturated heterocycles.